The van der Waals surface area contributed by atoms with Crippen molar-refractivity contribution in [2.45, 2.75) is 4.90 Å². The first-order valence-corrected chi connectivity index (χ1v) is 8.01. The van der Waals surface area contributed by atoms with Crippen LogP contribution in [0.2, 0.25) is 0 Å². The van der Waals surface area contributed by atoms with E-state index in [0.29, 0.717) is 0 Å². The van der Waals surface area contributed by atoms with Gasteiger partial charge in [-0.2, -0.15) is 13.5 Å². The molecule has 2 aromatic rings. The first-order valence-electron chi connectivity index (χ1n) is 6.53. The van der Waals surface area contributed by atoms with Crippen molar-refractivity contribution in [3.05, 3.63) is 66.2 Å². The van der Waals surface area contributed by atoms with E-state index < -0.39 is 10.0 Å². The molecule has 1 N–H and O–H groups in total. The van der Waals surface area contributed by atoms with Crippen LogP contribution in [0.1, 0.15) is 5.56 Å². The number of para-hydroxylation sites is 1. The van der Waals surface area contributed by atoms with Crippen LogP contribution in [0, 0.1) is 0 Å². The molecule has 0 aliphatic heterocycles. The van der Waals surface area contributed by atoms with Crippen molar-refractivity contribution in [2.24, 2.45) is 5.10 Å². The number of sulfonamides is 1. The van der Waals surface area contributed by atoms with Crippen molar-refractivity contribution in [3.8, 4) is 5.75 Å². The molecule has 114 valence electrons. The smallest absolute Gasteiger partial charge is 0.276 e. The third kappa shape index (κ3) is 4.20. The van der Waals surface area contributed by atoms with Crippen molar-refractivity contribution < 1.29 is 13.2 Å². The number of hydrazone groups is 1. The normalized spacial score (nSPS) is 11.9. The summed E-state index contributed by atoms with van der Waals surface area (Å²) in [7, 11) is -2.03. The van der Waals surface area contributed by atoms with Crippen molar-refractivity contribution in [1.29, 1.82) is 0 Å². The van der Waals surface area contributed by atoms with Gasteiger partial charge in [0, 0.05) is 11.8 Å². The number of rotatable bonds is 6. The summed E-state index contributed by atoms with van der Waals surface area (Å²) < 4.78 is 29.0. The third-order valence-electron chi connectivity index (χ3n) is 2.80. The molecule has 2 aromatic carbocycles. The first-order chi connectivity index (χ1) is 10.6. The van der Waals surface area contributed by atoms with Gasteiger partial charge in [-0.25, -0.2) is 4.83 Å². The van der Waals surface area contributed by atoms with E-state index in [1.165, 1.54) is 18.3 Å². The quantitative estimate of drug-likeness (QED) is 0.658. The maximum absolute atomic E-state index is 11.9. The second kappa shape index (κ2) is 7.42. The van der Waals surface area contributed by atoms with Gasteiger partial charge in [0.25, 0.3) is 10.0 Å². The zero-order valence-corrected chi connectivity index (χ0v) is 12.8. The maximum atomic E-state index is 11.9. The zero-order chi connectivity index (χ0) is 15.8. The van der Waals surface area contributed by atoms with Gasteiger partial charge in [0.15, 0.2) is 0 Å². The topological polar surface area (TPSA) is 67.8 Å². The van der Waals surface area contributed by atoms with Crippen molar-refractivity contribution in [2.75, 3.05) is 7.11 Å². The summed E-state index contributed by atoms with van der Waals surface area (Å²) in [5, 5.41) is 3.70. The van der Waals surface area contributed by atoms with Gasteiger partial charge in [0.2, 0.25) is 0 Å². The lowest BCUT2D eigenvalue weighted by Crippen LogP contribution is -2.17. The zero-order valence-electron chi connectivity index (χ0n) is 12.0. The van der Waals surface area contributed by atoms with Crippen molar-refractivity contribution >= 4 is 22.3 Å². The average molecular weight is 316 g/mol. The Balaban J connectivity index is 2.00. The van der Waals surface area contributed by atoms with Gasteiger partial charge >= 0.3 is 0 Å². The minimum Gasteiger partial charge on any atom is -0.496 e. The highest BCUT2D eigenvalue weighted by Gasteiger charge is 2.10. The second-order valence-electron chi connectivity index (χ2n) is 4.29. The van der Waals surface area contributed by atoms with Crippen molar-refractivity contribution in [1.82, 2.24) is 4.83 Å². The summed E-state index contributed by atoms with van der Waals surface area (Å²) in [5.74, 6) is 0.733. The Bertz CT molecular complexity index is 769. The SMILES string of the molecule is COc1ccccc1/C=C/C=N\NS(=O)(=O)c1ccccc1. The van der Waals surface area contributed by atoms with Gasteiger partial charge in [0.1, 0.15) is 5.75 Å². The van der Waals surface area contributed by atoms with Gasteiger partial charge < -0.3 is 4.74 Å². The number of hydrogen-bond donors (Lipinski definition) is 1. The molecule has 0 spiro atoms. The minimum absolute atomic E-state index is 0.167. The Morgan fingerprint density at radius 2 is 1.73 bits per heavy atom. The summed E-state index contributed by atoms with van der Waals surface area (Å²) in [5.41, 5.74) is 0.877. The van der Waals surface area contributed by atoms with Crippen LogP contribution in [0.3, 0.4) is 0 Å². The highest BCUT2D eigenvalue weighted by Crippen LogP contribution is 2.18. The molecule has 0 heterocycles. The van der Waals surface area contributed by atoms with Crippen LogP contribution >= 0.6 is 0 Å². The van der Waals surface area contributed by atoms with E-state index in [2.05, 4.69) is 9.93 Å². The molecule has 0 aromatic heterocycles. The Labute approximate surface area is 130 Å². The Hall–Kier alpha value is -2.60. The largest absolute Gasteiger partial charge is 0.496 e. The number of hydrogen-bond acceptors (Lipinski definition) is 4. The lowest BCUT2D eigenvalue weighted by atomic mass is 10.2. The monoisotopic (exact) mass is 316 g/mol. The minimum atomic E-state index is -3.62. The summed E-state index contributed by atoms with van der Waals surface area (Å²) >= 11 is 0. The number of ether oxygens (including phenoxy) is 1. The van der Waals surface area contributed by atoms with E-state index in [1.807, 2.05) is 24.3 Å². The first kappa shape index (κ1) is 15.8. The molecule has 0 amide bonds. The fourth-order valence-corrected chi connectivity index (χ4v) is 2.57. The third-order valence-corrected chi connectivity index (χ3v) is 4.04. The van der Waals surface area contributed by atoms with Crippen LogP contribution in [0.15, 0.2) is 70.7 Å². The summed E-state index contributed by atoms with van der Waals surface area (Å²) in [6, 6.07) is 15.5. The Morgan fingerprint density at radius 1 is 1.05 bits per heavy atom. The lowest BCUT2D eigenvalue weighted by Gasteiger charge is -2.03. The average Bonchev–Trinajstić information content (AvgIpc) is 2.55. The van der Waals surface area contributed by atoms with Crippen molar-refractivity contribution in [3.63, 3.8) is 0 Å². The van der Waals surface area contributed by atoms with E-state index in [-0.39, 0.29) is 4.90 Å². The molecular weight excluding hydrogens is 300 g/mol. The summed E-state index contributed by atoms with van der Waals surface area (Å²) in [6.07, 6.45) is 4.78. The fraction of sp³-hybridized carbons (Fsp3) is 0.0625. The molecule has 0 unspecified atom stereocenters. The number of nitrogens with zero attached hydrogens (tertiary/aromatic N) is 1. The molecule has 22 heavy (non-hydrogen) atoms. The molecule has 0 atom stereocenters. The number of benzene rings is 2. The molecule has 0 saturated carbocycles. The molecule has 0 saturated heterocycles. The molecule has 0 aliphatic carbocycles. The number of methoxy groups -OCH3 is 1. The molecule has 6 heteroatoms. The van der Waals surface area contributed by atoms with E-state index >= 15 is 0 Å². The predicted molar refractivity (Wildman–Crippen MR) is 87.3 cm³/mol. The number of allylic oxidation sites excluding steroid dienone is 1. The highest BCUT2D eigenvalue weighted by molar-refractivity contribution is 7.89. The maximum Gasteiger partial charge on any atom is 0.276 e. The molecule has 0 radical (unpaired) electrons. The Kier molecular flexibility index (Phi) is 5.32. The molecule has 0 bridgehead atoms. The molecular formula is C16H16N2O3S. The lowest BCUT2D eigenvalue weighted by molar-refractivity contribution is 0.414. The summed E-state index contributed by atoms with van der Waals surface area (Å²) in [4.78, 5) is 2.32. The van der Waals surface area contributed by atoms with E-state index in [4.69, 9.17) is 4.74 Å². The summed E-state index contributed by atoms with van der Waals surface area (Å²) in [6.45, 7) is 0. The van der Waals surface area contributed by atoms with Gasteiger partial charge in [-0.15, -0.1) is 0 Å². The van der Waals surface area contributed by atoms with Crippen LogP contribution in [0.5, 0.6) is 5.75 Å². The van der Waals surface area contributed by atoms with Crippen LogP contribution in [0.4, 0.5) is 0 Å². The van der Waals surface area contributed by atoms with E-state index in [1.54, 1.807) is 37.5 Å². The van der Waals surface area contributed by atoms with Crippen LogP contribution in [-0.4, -0.2) is 21.7 Å². The van der Waals surface area contributed by atoms with E-state index in [9.17, 15) is 8.42 Å². The fourth-order valence-electron chi connectivity index (χ4n) is 1.75. The molecule has 0 aliphatic rings. The highest BCUT2D eigenvalue weighted by atomic mass is 32.2. The van der Waals surface area contributed by atoms with Crippen LogP contribution in [0.25, 0.3) is 6.08 Å². The molecule has 0 fully saturated rings. The molecule has 2 rings (SSSR count). The van der Waals surface area contributed by atoms with Gasteiger partial charge in [0.05, 0.1) is 12.0 Å². The van der Waals surface area contributed by atoms with Gasteiger partial charge in [-0.05, 0) is 30.4 Å². The number of nitrogens with one attached hydrogen (secondary N) is 1. The Morgan fingerprint density at radius 3 is 2.45 bits per heavy atom. The van der Waals surface area contributed by atoms with Gasteiger partial charge in [-0.3, -0.25) is 0 Å². The van der Waals surface area contributed by atoms with E-state index in [0.717, 1.165) is 11.3 Å². The van der Waals surface area contributed by atoms with Crippen LogP contribution < -0.4 is 9.57 Å². The van der Waals surface area contributed by atoms with Crippen LogP contribution in [-0.2, 0) is 10.0 Å². The predicted octanol–water partition coefficient (Wildman–Crippen LogP) is 2.67. The van der Waals surface area contributed by atoms with Gasteiger partial charge in [-0.1, -0.05) is 36.4 Å². The standard InChI is InChI=1S/C16H16N2O3S/c1-21-16-12-6-5-8-14(16)9-7-13-17-18-22(19,20)15-10-3-2-4-11-15/h2-13,18H,1H3/b9-7+,17-13-. The second-order valence-corrected chi connectivity index (χ2v) is 5.95. The molecule has 5 nitrogen and oxygen atoms in total.